The Morgan fingerprint density at radius 2 is 2.00 bits per heavy atom. The normalized spacial score (nSPS) is 16.1. The molecular formula is C20H22F3N3O5. The van der Waals surface area contributed by atoms with E-state index in [1.165, 1.54) is 12.0 Å². The molecule has 31 heavy (non-hydrogen) atoms. The molecule has 11 heteroatoms. The van der Waals surface area contributed by atoms with Crippen LogP contribution in [0.5, 0.6) is 5.75 Å². The smallest absolute Gasteiger partial charge is 0.423 e. The van der Waals surface area contributed by atoms with Gasteiger partial charge in [0.05, 0.1) is 51.2 Å². The zero-order valence-corrected chi connectivity index (χ0v) is 16.8. The summed E-state index contributed by atoms with van der Waals surface area (Å²) in [5, 5.41) is 12.6. The second-order valence-corrected chi connectivity index (χ2v) is 7.07. The summed E-state index contributed by atoms with van der Waals surface area (Å²) in [7, 11) is 1.50. The van der Waals surface area contributed by atoms with Crippen LogP contribution in [0.25, 0.3) is 0 Å². The first-order valence-electron chi connectivity index (χ1n) is 9.57. The second kappa shape index (κ2) is 9.38. The van der Waals surface area contributed by atoms with Crippen LogP contribution < -0.4 is 15.2 Å². The SMILES string of the molecule is COc1ccc(Cn2ncc(N3CCC3COCCC(=O)O)c(C(F)(F)F)c2=O)cc1. The first-order valence-corrected chi connectivity index (χ1v) is 9.57. The molecule has 1 atom stereocenters. The number of benzene rings is 1. The van der Waals surface area contributed by atoms with Gasteiger partial charge in [0.2, 0.25) is 0 Å². The molecule has 1 aromatic carbocycles. The van der Waals surface area contributed by atoms with Crippen molar-refractivity contribution in [1.82, 2.24) is 9.78 Å². The molecule has 0 radical (unpaired) electrons. The molecule has 1 N–H and O–H groups in total. The maximum absolute atomic E-state index is 13.8. The third-order valence-electron chi connectivity index (χ3n) is 5.02. The maximum atomic E-state index is 13.8. The number of halogens is 3. The van der Waals surface area contributed by atoms with Gasteiger partial charge in [0.15, 0.2) is 0 Å². The highest BCUT2D eigenvalue weighted by Gasteiger charge is 2.42. The Labute approximate surface area is 175 Å². The number of aliphatic carboxylic acids is 1. The van der Waals surface area contributed by atoms with E-state index in [1.807, 2.05) is 0 Å². The summed E-state index contributed by atoms with van der Waals surface area (Å²) in [6.45, 7) is 0.237. The lowest BCUT2D eigenvalue weighted by atomic mass is 10.0. The number of hydrogen-bond donors (Lipinski definition) is 1. The third kappa shape index (κ3) is 5.35. The number of methoxy groups -OCH3 is 1. The van der Waals surface area contributed by atoms with Crippen LogP contribution in [-0.4, -0.2) is 53.8 Å². The average molecular weight is 441 g/mol. The summed E-state index contributed by atoms with van der Waals surface area (Å²) in [6, 6.07) is 6.21. The Bertz CT molecular complexity index is 976. The number of nitrogens with zero attached hydrogens (tertiary/aromatic N) is 3. The standard InChI is InChI=1S/C20H22F3N3O5/c1-30-15-4-2-13(3-5-15)11-26-19(29)18(20(21,22)23)16(10-24-26)25-8-6-14(25)12-31-9-7-17(27)28/h2-5,10,14H,6-9,11-12H2,1H3,(H,27,28). The lowest BCUT2D eigenvalue weighted by Crippen LogP contribution is -2.52. The van der Waals surface area contributed by atoms with Crippen LogP contribution in [0.1, 0.15) is 24.0 Å². The summed E-state index contributed by atoms with van der Waals surface area (Å²) in [5.74, 6) is -0.431. The van der Waals surface area contributed by atoms with Gasteiger partial charge in [-0.25, -0.2) is 4.68 Å². The van der Waals surface area contributed by atoms with Crippen molar-refractivity contribution in [2.45, 2.75) is 31.6 Å². The van der Waals surface area contributed by atoms with Crippen molar-refractivity contribution < 1.29 is 32.5 Å². The molecule has 1 fully saturated rings. The average Bonchev–Trinajstić information content (AvgIpc) is 2.68. The van der Waals surface area contributed by atoms with Crippen molar-refractivity contribution in [2.24, 2.45) is 0 Å². The topological polar surface area (TPSA) is 93.9 Å². The second-order valence-electron chi connectivity index (χ2n) is 7.07. The van der Waals surface area contributed by atoms with Crippen molar-refractivity contribution in [3.8, 4) is 5.75 Å². The highest BCUT2D eigenvalue weighted by Crippen LogP contribution is 2.37. The largest absolute Gasteiger partial charge is 0.497 e. The van der Waals surface area contributed by atoms with Crippen LogP contribution in [0.15, 0.2) is 35.3 Å². The van der Waals surface area contributed by atoms with Gasteiger partial charge in [0.25, 0.3) is 5.56 Å². The van der Waals surface area contributed by atoms with E-state index in [9.17, 15) is 22.8 Å². The molecule has 0 amide bonds. The summed E-state index contributed by atoms with van der Waals surface area (Å²) < 4.78 is 52.5. The van der Waals surface area contributed by atoms with E-state index in [1.54, 1.807) is 24.3 Å². The number of aromatic nitrogens is 2. The molecule has 1 aliphatic rings. The highest BCUT2D eigenvalue weighted by atomic mass is 19.4. The van der Waals surface area contributed by atoms with Crippen molar-refractivity contribution in [1.29, 1.82) is 0 Å². The van der Waals surface area contributed by atoms with Gasteiger partial charge in [-0.15, -0.1) is 0 Å². The Balaban J connectivity index is 1.82. The molecule has 3 rings (SSSR count). The van der Waals surface area contributed by atoms with E-state index < -0.39 is 23.3 Å². The number of ether oxygens (including phenoxy) is 2. The fraction of sp³-hybridized carbons (Fsp3) is 0.450. The van der Waals surface area contributed by atoms with Crippen LogP contribution >= 0.6 is 0 Å². The predicted molar refractivity (Wildman–Crippen MR) is 104 cm³/mol. The fourth-order valence-electron chi connectivity index (χ4n) is 3.29. The number of hydrogen-bond acceptors (Lipinski definition) is 6. The monoisotopic (exact) mass is 441 g/mol. The van der Waals surface area contributed by atoms with E-state index in [0.29, 0.717) is 24.3 Å². The quantitative estimate of drug-likeness (QED) is 0.597. The van der Waals surface area contributed by atoms with Crippen LogP contribution in [0.2, 0.25) is 0 Å². The summed E-state index contributed by atoms with van der Waals surface area (Å²) >= 11 is 0. The lowest BCUT2D eigenvalue weighted by molar-refractivity contribution is -0.139. The predicted octanol–water partition coefficient (Wildman–Crippen LogP) is 2.39. The lowest BCUT2D eigenvalue weighted by Gasteiger charge is -2.43. The summed E-state index contributed by atoms with van der Waals surface area (Å²) in [5.41, 5.74) is -2.18. The van der Waals surface area contributed by atoms with E-state index in [0.717, 1.165) is 10.9 Å². The van der Waals surface area contributed by atoms with Gasteiger partial charge < -0.3 is 19.5 Å². The van der Waals surface area contributed by atoms with E-state index in [4.69, 9.17) is 14.6 Å². The van der Waals surface area contributed by atoms with Gasteiger partial charge in [-0.1, -0.05) is 12.1 Å². The number of carbonyl (C=O) groups is 1. The molecule has 168 valence electrons. The molecule has 1 aliphatic heterocycles. The van der Waals surface area contributed by atoms with Crippen molar-refractivity contribution in [3.05, 3.63) is 51.9 Å². The molecule has 0 saturated carbocycles. The van der Waals surface area contributed by atoms with Gasteiger partial charge in [0.1, 0.15) is 11.3 Å². The van der Waals surface area contributed by atoms with Gasteiger partial charge in [-0.05, 0) is 24.1 Å². The molecular weight excluding hydrogens is 419 g/mol. The van der Waals surface area contributed by atoms with Crippen molar-refractivity contribution in [3.63, 3.8) is 0 Å². The Morgan fingerprint density at radius 1 is 1.29 bits per heavy atom. The highest BCUT2D eigenvalue weighted by molar-refractivity contribution is 5.66. The number of rotatable bonds is 9. The number of anilines is 1. The van der Waals surface area contributed by atoms with Crippen molar-refractivity contribution >= 4 is 11.7 Å². The van der Waals surface area contributed by atoms with Gasteiger partial charge in [-0.2, -0.15) is 18.3 Å². The first-order chi connectivity index (χ1) is 14.7. The molecule has 2 heterocycles. The van der Waals surface area contributed by atoms with E-state index in [2.05, 4.69) is 5.10 Å². The minimum Gasteiger partial charge on any atom is -0.497 e. The van der Waals surface area contributed by atoms with Gasteiger partial charge >= 0.3 is 12.1 Å². The Morgan fingerprint density at radius 3 is 2.55 bits per heavy atom. The number of carboxylic acids is 1. The third-order valence-corrected chi connectivity index (χ3v) is 5.02. The van der Waals surface area contributed by atoms with Crippen LogP contribution in [-0.2, 0) is 22.3 Å². The summed E-state index contributed by atoms with van der Waals surface area (Å²) in [4.78, 5) is 24.6. The molecule has 8 nitrogen and oxygen atoms in total. The Kier molecular flexibility index (Phi) is 6.84. The van der Waals surface area contributed by atoms with Crippen LogP contribution in [0, 0.1) is 0 Å². The molecule has 0 spiro atoms. The number of alkyl halides is 3. The van der Waals surface area contributed by atoms with Gasteiger partial charge in [0, 0.05) is 6.54 Å². The minimum absolute atomic E-state index is 0.0342. The zero-order valence-electron chi connectivity index (χ0n) is 16.8. The zero-order chi connectivity index (χ0) is 22.6. The molecule has 0 bridgehead atoms. The first kappa shape index (κ1) is 22.6. The molecule has 1 aromatic heterocycles. The van der Waals surface area contributed by atoms with Gasteiger partial charge in [-0.3, -0.25) is 9.59 Å². The van der Waals surface area contributed by atoms with Crippen molar-refractivity contribution in [2.75, 3.05) is 31.8 Å². The minimum atomic E-state index is -4.86. The van der Waals surface area contributed by atoms with E-state index >= 15 is 0 Å². The molecule has 0 aliphatic carbocycles. The molecule has 1 saturated heterocycles. The molecule has 2 aromatic rings. The van der Waals surface area contributed by atoms with Crippen LogP contribution in [0.4, 0.5) is 18.9 Å². The Hall–Kier alpha value is -3.08. The fourth-order valence-corrected chi connectivity index (χ4v) is 3.29. The maximum Gasteiger partial charge on any atom is 0.423 e. The summed E-state index contributed by atoms with van der Waals surface area (Å²) in [6.07, 6.45) is -3.43. The van der Waals surface area contributed by atoms with E-state index in [-0.39, 0.29) is 37.9 Å². The number of carboxylic acid groups (broad SMARTS) is 1. The van der Waals surface area contributed by atoms with Crippen LogP contribution in [0.3, 0.4) is 0 Å². The molecule has 1 unspecified atom stereocenters.